The second kappa shape index (κ2) is 12.7. The Morgan fingerprint density at radius 2 is 1.83 bits per heavy atom. The van der Waals surface area contributed by atoms with Crippen molar-refractivity contribution in [1.82, 2.24) is 25.6 Å². The fourth-order valence-corrected chi connectivity index (χ4v) is 4.04. The lowest BCUT2D eigenvalue weighted by molar-refractivity contribution is 0.0959. The number of hydrogen-bond acceptors (Lipinski definition) is 8. The molecule has 36 heavy (non-hydrogen) atoms. The van der Waals surface area contributed by atoms with Crippen LogP contribution in [0.15, 0.2) is 42.7 Å². The predicted octanol–water partition coefficient (Wildman–Crippen LogP) is 4.41. The number of thioether (sulfide) groups is 1. The number of nitrogens with zero attached hydrogens (tertiary/aromatic N) is 3. The highest BCUT2D eigenvalue weighted by atomic mass is 32.2. The van der Waals surface area contributed by atoms with Crippen molar-refractivity contribution in [2.45, 2.75) is 51.4 Å². The SMILES string of the molecule is CNC(=O)c1nc(N)cnc1NCc1ccc(-c2cnc(C)c(CNCCCC(C)(C)SC)c2)cc1. The van der Waals surface area contributed by atoms with Gasteiger partial charge in [0.2, 0.25) is 0 Å². The molecule has 2 aromatic heterocycles. The Balaban J connectivity index is 1.60. The normalized spacial score (nSPS) is 11.4. The first kappa shape index (κ1) is 27.4. The lowest BCUT2D eigenvalue weighted by Gasteiger charge is -2.21. The average Bonchev–Trinajstić information content (AvgIpc) is 2.88. The molecule has 0 radical (unpaired) electrons. The number of benzene rings is 1. The van der Waals surface area contributed by atoms with E-state index in [1.165, 1.54) is 18.2 Å². The lowest BCUT2D eigenvalue weighted by Crippen LogP contribution is -2.22. The first-order valence-electron chi connectivity index (χ1n) is 12.1. The second-order valence-electron chi connectivity index (χ2n) is 9.33. The third-order valence-electron chi connectivity index (χ3n) is 6.17. The molecule has 0 spiro atoms. The van der Waals surface area contributed by atoms with Gasteiger partial charge in [-0.2, -0.15) is 11.8 Å². The van der Waals surface area contributed by atoms with Crippen LogP contribution in [0.3, 0.4) is 0 Å². The second-order valence-corrected chi connectivity index (χ2v) is 10.8. The summed E-state index contributed by atoms with van der Waals surface area (Å²) in [5, 5.41) is 9.32. The molecular weight excluding hydrogens is 470 g/mol. The van der Waals surface area contributed by atoms with E-state index in [0.29, 0.717) is 17.1 Å². The molecule has 0 saturated heterocycles. The minimum Gasteiger partial charge on any atom is -0.382 e. The minimum absolute atomic E-state index is 0.175. The van der Waals surface area contributed by atoms with E-state index >= 15 is 0 Å². The number of nitrogen functional groups attached to an aromatic ring is 1. The molecule has 0 aliphatic heterocycles. The smallest absolute Gasteiger partial charge is 0.273 e. The van der Waals surface area contributed by atoms with E-state index in [1.54, 1.807) is 7.05 Å². The number of pyridine rings is 1. The maximum atomic E-state index is 12.1. The summed E-state index contributed by atoms with van der Waals surface area (Å²) in [6.45, 7) is 8.95. The summed E-state index contributed by atoms with van der Waals surface area (Å²) in [6, 6.07) is 10.5. The highest BCUT2D eigenvalue weighted by Gasteiger charge is 2.15. The van der Waals surface area contributed by atoms with E-state index in [0.717, 1.165) is 41.9 Å². The highest BCUT2D eigenvalue weighted by Crippen LogP contribution is 2.26. The molecular formula is C27H37N7OS. The van der Waals surface area contributed by atoms with Crippen molar-refractivity contribution >= 4 is 29.3 Å². The summed E-state index contributed by atoms with van der Waals surface area (Å²) in [5.74, 6) is 0.252. The zero-order valence-corrected chi connectivity index (χ0v) is 22.6. The molecule has 0 fully saturated rings. The molecule has 192 valence electrons. The van der Waals surface area contributed by atoms with Gasteiger partial charge < -0.3 is 21.7 Å². The standard InChI is InChI=1S/C27H37N7OS/c1-18-21(15-30-12-6-11-27(2,3)36-5)13-22(16-31-18)20-9-7-19(8-10-20)14-32-25-24(26(35)29-4)34-23(28)17-33-25/h7-10,13,16-17,30H,6,11-12,14-15H2,1-5H3,(H2,28,34)(H,29,35)(H,32,33). The summed E-state index contributed by atoms with van der Waals surface area (Å²) < 4.78 is 0.329. The molecule has 1 aromatic carbocycles. The molecule has 5 N–H and O–H groups in total. The van der Waals surface area contributed by atoms with Crippen LogP contribution in [-0.2, 0) is 13.1 Å². The quantitative estimate of drug-likeness (QED) is 0.266. The number of aromatic nitrogens is 3. The summed E-state index contributed by atoms with van der Waals surface area (Å²) in [6.07, 6.45) is 7.88. The van der Waals surface area contributed by atoms with Crippen molar-refractivity contribution in [2.75, 3.05) is 30.9 Å². The van der Waals surface area contributed by atoms with Gasteiger partial charge in [0.1, 0.15) is 5.82 Å². The molecule has 0 unspecified atom stereocenters. The zero-order chi connectivity index (χ0) is 26.1. The predicted molar refractivity (Wildman–Crippen MR) is 150 cm³/mol. The Hall–Kier alpha value is -3.17. The van der Waals surface area contributed by atoms with Crippen LogP contribution in [0.4, 0.5) is 11.6 Å². The largest absolute Gasteiger partial charge is 0.382 e. The fraction of sp³-hybridized carbons (Fsp3) is 0.407. The van der Waals surface area contributed by atoms with Gasteiger partial charge in [-0.1, -0.05) is 38.1 Å². The van der Waals surface area contributed by atoms with E-state index in [4.69, 9.17) is 5.73 Å². The van der Waals surface area contributed by atoms with E-state index in [2.05, 4.69) is 88.3 Å². The van der Waals surface area contributed by atoms with Gasteiger partial charge in [-0.05, 0) is 55.3 Å². The van der Waals surface area contributed by atoms with Crippen LogP contribution in [-0.4, -0.2) is 45.5 Å². The van der Waals surface area contributed by atoms with Gasteiger partial charge in [0.25, 0.3) is 5.91 Å². The van der Waals surface area contributed by atoms with Crippen LogP contribution < -0.4 is 21.7 Å². The molecule has 1 amide bonds. The summed E-state index contributed by atoms with van der Waals surface area (Å²) in [7, 11) is 1.55. The van der Waals surface area contributed by atoms with E-state index in [9.17, 15) is 4.79 Å². The summed E-state index contributed by atoms with van der Waals surface area (Å²) >= 11 is 1.92. The monoisotopic (exact) mass is 507 g/mol. The van der Waals surface area contributed by atoms with Crippen molar-refractivity contribution in [1.29, 1.82) is 0 Å². The van der Waals surface area contributed by atoms with Gasteiger partial charge in [-0.25, -0.2) is 9.97 Å². The summed E-state index contributed by atoms with van der Waals surface area (Å²) in [5.41, 5.74) is 11.4. The molecule has 0 aliphatic rings. The molecule has 9 heteroatoms. The van der Waals surface area contributed by atoms with Crippen LogP contribution >= 0.6 is 11.8 Å². The van der Waals surface area contributed by atoms with Crippen molar-refractivity contribution < 1.29 is 4.79 Å². The van der Waals surface area contributed by atoms with E-state index in [-0.39, 0.29) is 17.4 Å². The molecule has 3 rings (SSSR count). The van der Waals surface area contributed by atoms with Crippen molar-refractivity contribution in [3.63, 3.8) is 0 Å². The van der Waals surface area contributed by atoms with Crippen molar-refractivity contribution in [2.24, 2.45) is 0 Å². The molecule has 0 saturated carbocycles. The van der Waals surface area contributed by atoms with Crippen LogP contribution in [0.2, 0.25) is 0 Å². The first-order valence-corrected chi connectivity index (χ1v) is 13.3. The number of hydrogen-bond donors (Lipinski definition) is 4. The molecule has 3 aromatic rings. The topological polar surface area (TPSA) is 118 Å². The number of aryl methyl sites for hydroxylation is 1. The highest BCUT2D eigenvalue weighted by molar-refractivity contribution is 7.99. The fourth-order valence-electron chi connectivity index (χ4n) is 3.69. The van der Waals surface area contributed by atoms with Crippen LogP contribution in [0, 0.1) is 6.92 Å². The maximum absolute atomic E-state index is 12.1. The van der Waals surface area contributed by atoms with Gasteiger partial charge in [0, 0.05) is 42.3 Å². The third kappa shape index (κ3) is 7.66. The molecule has 2 heterocycles. The number of carbonyl (C=O) groups is 1. The number of rotatable bonds is 12. The summed E-state index contributed by atoms with van der Waals surface area (Å²) in [4.78, 5) is 25.0. The Kier molecular flexibility index (Phi) is 9.66. The molecule has 0 atom stereocenters. The first-order chi connectivity index (χ1) is 17.2. The van der Waals surface area contributed by atoms with Crippen molar-refractivity contribution in [3.8, 4) is 11.1 Å². The molecule has 0 aliphatic carbocycles. The van der Waals surface area contributed by atoms with Gasteiger partial charge in [-0.3, -0.25) is 9.78 Å². The van der Waals surface area contributed by atoms with Gasteiger partial charge in [0.15, 0.2) is 11.5 Å². The molecule has 8 nitrogen and oxygen atoms in total. The number of anilines is 2. The van der Waals surface area contributed by atoms with Gasteiger partial charge in [-0.15, -0.1) is 0 Å². The van der Waals surface area contributed by atoms with Gasteiger partial charge >= 0.3 is 0 Å². The van der Waals surface area contributed by atoms with Crippen molar-refractivity contribution in [3.05, 3.63) is 65.2 Å². The lowest BCUT2D eigenvalue weighted by atomic mass is 10.0. The minimum atomic E-state index is -0.339. The number of nitrogens with two attached hydrogens (primary N) is 1. The Morgan fingerprint density at radius 3 is 2.53 bits per heavy atom. The average molecular weight is 508 g/mol. The van der Waals surface area contributed by atoms with E-state index < -0.39 is 0 Å². The van der Waals surface area contributed by atoms with Crippen LogP contribution in [0.1, 0.15) is 54.0 Å². The third-order valence-corrected chi connectivity index (χ3v) is 7.48. The molecule has 0 bridgehead atoms. The maximum Gasteiger partial charge on any atom is 0.273 e. The Labute approximate surface area is 218 Å². The Bertz CT molecular complexity index is 1170. The van der Waals surface area contributed by atoms with Crippen LogP contribution in [0.5, 0.6) is 0 Å². The number of nitrogens with one attached hydrogen (secondary N) is 3. The zero-order valence-electron chi connectivity index (χ0n) is 21.8. The number of amides is 1. The Morgan fingerprint density at radius 1 is 1.08 bits per heavy atom. The van der Waals surface area contributed by atoms with E-state index in [1.807, 2.05) is 18.0 Å². The number of carbonyl (C=O) groups excluding carboxylic acids is 1. The van der Waals surface area contributed by atoms with Gasteiger partial charge in [0.05, 0.1) is 6.20 Å². The van der Waals surface area contributed by atoms with Crippen LogP contribution in [0.25, 0.3) is 11.1 Å².